The molecular formula is C12H16O2. The van der Waals surface area contributed by atoms with Gasteiger partial charge in [-0.1, -0.05) is 19.1 Å². The predicted molar refractivity (Wildman–Crippen MR) is 55.6 cm³/mol. The summed E-state index contributed by atoms with van der Waals surface area (Å²) >= 11 is 0. The number of rotatable bonds is 2. The van der Waals surface area contributed by atoms with Crippen LogP contribution in [0.1, 0.15) is 24.5 Å². The number of benzene rings is 1. The molecule has 0 aromatic heterocycles. The standard InChI is InChI=1S/C12H16O2/c1-2-9-3-6-12-10(7-9)4-5-11(8-13)14-12/h3,6-7,11,13H,2,4-5,8H2,1H3. The highest BCUT2D eigenvalue weighted by atomic mass is 16.5. The minimum absolute atomic E-state index is 0.00465. The van der Waals surface area contributed by atoms with Crippen LogP contribution in [0.2, 0.25) is 0 Å². The Balaban J connectivity index is 2.23. The van der Waals surface area contributed by atoms with Gasteiger partial charge in [0.15, 0.2) is 0 Å². The van der Waals surface area contributed by atoms with Gasteiger partial charge in [-0.25, -0.2) is 0 Å². The molecule has 1 heterocycles. The van der Waals surface area contributed by atoms with Gasteiger partial charge in [-0.15, -0.1) is 0 Å². The van der Waals surface area contributed by atoms with Crippen molar-refractivity contribution in [2.45, 2.75) is 32.3 Å². The fourth-order valence-electron chi connectivity index (χ4n) is 1.85. The van der Waals surface area contributed by atoms with Crippen LogP contribution in [0.15, 0.2) is 18.2 Å². The van der Waals surface area contributed by atoms with Crippen molar-refractivity contribution in [3.63, 3.8) is 0 Å². The molecule has 0 radical (unpaired) electrons. The third-order valence-corrected chi connectivity index (χ3v) is 2.77. The smallest absolute Gasteiger partial charge is 0.123 e. The van der Waals surface area contributed by atoms with E-state index in [2.05, 4.69) is 19.1 Å². The van der Waals surface area contributed by atoms with Crippen molar-refractivity contribution >= 4 is 0 Å². The highest BCUT2D eigenvalue weighted by Crippen LogP contribution is 2.28. The third-order valence-electron chi connectivity index (χ3n) is 2.77. The number of aliphatic hydroxyl groups is 1. The average molecular weight is 192 g/mol. The van der Waals surface area contributed by atoms with Gasteiger partial charge < -0.3 is 9.84 Å². The molecule has 1 aliphatic rings. The monoisotopic (exact) mass is 192 g/mol. The van der Waals surface area contributed by atoms with Crippen LogP contribution in [-0.4, -0.2) is 17.8 Å². The van der Waals surface area contributed by atoms with Gasteiger partial charge in [0.1, 0.15) is 11.9 Å². The normalized spacial score (nSPS) is 20.0. The van der Waals surface area contributed by atoms with Gasteiger partial charge in [0.25, 0.3) is 0 Å². The first kappa shape index (κ1) is 9.53. The van der Waals surface area contributed by atoms with Crippen molar-refractivity contribution in [1.29, 1.82) is 0 Å². The van der Waals surface area contributed by atoms with E-state index in [4.69, 9.17) is 9.84 Å². The van der Waals surface area contributed by atoms with Gasteiger partial charge >= 0.3 is 0 Å². The van der Waals surface area contributed by atoms with Gasteiger partial charge in [-0.3, -0.25) is 0 Å². The van der Waals surface area contributed by atoms with Crippen LogP contribution >= 0.6 is 0 Å². The minimum Gasteiger partial charge on any atom is -0.488 e. The third kappa shape index (κ3) is 1.75. The number of aryl methyl sites for hydroxylation is 2. The summed E-state index contributed by atoms with van der Waals surface area (Å²) in [5, 5.41) is 8.99. The Kier molecular flexibility index (Phi) is 2.73. The van der Waals surface area contributed by atoms with E-state index in [0.29, 0.717) is 0 Å². The van der Waals surface area contributed by atoms with Crippen LogP contribution in [0.3, 0.4) is 0 Å². The van der Waals surface area contributed by atoms with Crippen LogP contribution in [0, 0.1) is 0 Å². The second kappa shape index (κ2) is 4.01. The van der Waals surface area contributed by atoms with Gasteiger partial charge in [0.05, 0.1) is 6.61 Å². The van der Waals surface area contributed by atoms with E-state index in [1.54, 1.807) is 0 Å². The Labute approximate surface area is 84.5 Å². The number of hydrogen-bond donors (Lipinski definition) is 1. The predicted octanol–water partition coefficient (Wildman–Crippen LogP) is 1.93. The molecule has 1 aromatic rings. The molecule has 0 saturated heterocycles. The molecule has 1 aromatic carbocycles. The maximum absolute atomic E-state index is 8.99. The molecule has 14 heavy (non-hydrogen) atoms. The van der Waals surface area contributed by atoms with Crippen LogP contribution < -0.4 is 4.74 Å². The summed E-state index contributed by atoms with van der Waals surface area (Å²) < 4.78 is 5.63. The van der Waals surface area contributed by atoms with E-state index >= 15 is 0 Å². The first-order chi connectivity index (χ1) is 6.83. The summed E-state index contributed by atoms with van der Waals surface area (Å²) in [6, 6.07) is 6.33. The van der Waals surface area contributed by atoms with Crippen molar-refractivity contribution in [2.24, 2.45) is 0 Å². The Hall–Kier alpha value is -1.02. The molecule has 1 aliphatic heterocycles. The summed E-state index contributed by atoms with van der Waals surface area (Å²) in [7, 11) is 0. The van der Waals surface area contributed by atoms with E-state index in [9.17, 15) is 0 Å². The molecule has 1 atom stereocenters. The van der Waals surface area contributed by atoms with E-state index in [-0.39, 0.29) is 12.7 Å². The molecule has 0 amide bonds. The average Bonchev–Trinajstić information content (AvgIpc) is 2.27. The SMILES string of the molecule is CCc1ccc2c(c1)CCC(CO)O2. The lowest BCUT2D eigenvalue weighted by Crippen LogP contribution is -2.26. The lowest BCUT2D eigenvalue weighted by atomic mass is 9.99. The quantitative estimate of drug-likeness (QED) is 0.776. The first-order valence-electron chi connectivity index (χ1n) is 5.22. The fraction of sp³-hybridized carbons (Fsp3) is 0.500. The minimum atomic E-state index is -0.00465. The molecule has 76 valence electrons. The van der Waals surface area contributed by atoms with Gasteiger partial charge in [-0.05, 0) is 36.5 Å². The Morgan fingerprint density at radius 1 is 1.50 bits per heavy atom. The summed E-state index contributed by atoms with van der Waals surface area (Å²) in [4.78, 5) is 0. The molecule has 2 heteroatoms. The topological polar surface area (TPSA) is 29.5 Å². The van der Waals surface area contributed by atoms with Crippen molar-refractivity contribution in [2.75, 3.05) is 6.61 Å². The Bertz CT molecular complexity index is 320. The van der Waals surface area contributed by atoms with Crippen molar-refractivity contribution < 1.29 is 9.84 Å². The Morgan fingerprint density at radius 3 is 3.07 bits per heavy atom. The second-order valence-electron chi connectivity index (χ2n) is 3.76. The van der Waals surface area contributed by atoms with Gasteiger partial charge in [0, 0.05) is 0 Å². The highest BCUT2D eigenvalue weighted by molar-refractivity contribution is 5.38. The van der Waals surface area contributed by atoms with E-state index < -0.39 is 0 Å². The zero-order valence-electron chi connectivity index (χ0n) is 8.49. The second-order valence-corrected chi connectivity index (χ2v) is 3.76. The zero-order valence-corrected chi connectivity index (χ0v) is 8.49. The lowest BCUT2D eigenvalue weighted by Gasteiger charge is -2.24. The van der Waals surface area contributed by atoms with Crippen LogP contribution in [-0.2, 0) is 12.8 Å². The van der Waals surface area contributed by atoms with E-state index in [1.165, 1.54) is 11.1 Å². The van der Waals surface area contributed by atoms with Crippen LogP contribution in [0.25, 0.3) is 0 Å². The number of fused-ring (bicyclic) bond motifs is 1. The fourth-order valence-corrected chi connectivity index (χ4v) is 1.85. The molecule has 0 bridgehead atoms. The van der Waals surface area contributed by atoms with Crippen molar-refractivity contribution in [3.8, 4) is 5.75 Å². The molecule has 0 spiro atoms. The summed E-state index contributed by atoms with van der Waals surface area (Å²) in [6.07, 6.45) is 3.01. The molecule has 0 saturated carbocycles. The number of hydrogen-bond acceptors (Lipinski definition) is 2. The largest absolute Gasteiger partial charge is 0.488 e. The number of ether oxygens (including phenoxy) is 1. The van der Waals surface area contributed by atoms with Crippen molar-refractivity contribution in [1.82, 2.24) is 0 Å². The lowest BCUT2D eigenvalue weighted by molar-refractivity contribution is 0.0978. The molecule has 0 aliphatic carbocycles. The van der Waals surface area contributed by atoms with E-state index in [1.807, 2.05) is 6.07 Å². The number of aliphatic hydroxyl groups excluding tert-OH is 1. The van der Waals surface area contributed by atoms with Crippen molar-refractivity contribution in [3.05, 3.63) is 29.3 Å². The van der Waals surface area contributed by atoms with Gasteiger partial charge in [0.2, 0.25) is 0 Å². The first-order valence-corrected chi connectivity index (χ1v) is 5.22. The molecular weight excluding hydrogens is 176 g/mol. The zero-order chi connectivity index (χ0) is 9.97. The molecule has 1 N–H and O–H groups in total. The molecule has 2 rings (SSSR count). The molecule has 1 unspecified atom stereocenters. The maximum Gasteiger partial charge on any atom is 0.123 e. The Morgan fingerprint density at radius 2 is 2.36 bits per heavy atom. The maximum atomic E-state index is 8.99. The van der Waals surface area contributed by atoms with Crippen LogP contribution in [0.5, 0.6) is 5.75 Å². The van der Waals surface area contributed by atoms with Gasteiger partial charge in [-0.2, -0.15) is 0 Å². The van der Waals surface area contributed by atoms with Crippen LogP contribution in [0.4, 0.5) is 0 Å². The molecule has 0 fully saturated rings. The molecule has 2 nitrogen and oxygen atoms in total. The summed E-state index contributed by atoms with van der Waals surface area (Å²) in [6.45, 7) is 2.27. The summed E-state index contributed by atoms with van der Waals surface area (Å²) in [5.41, 5.74) is 2.64. The highest BCUT2D eigenvalue weighted by Gasteiger charge is 2.18. The van der Waals surface area contributed by atoms with E-state index in [0.717, 1.165) is 25.0 Å². The summed E-state index contributed by atoms with van der Waals surface area (Å²) in [5.74, 6) is 0.951.